The van der Waals surface area contributed by atoms with Gasteiger partial charge in [0.05, 0.1) is 10.6 Å². The van der Waals surface area contributed by atoms with E-state index in [2.05, 4.69) is 5.10 Å². The minimum Gasteiger partial charge on any atom is -0.207 e. The maximum absolute atomic E-state index is 14.3. The Balaban J connectivity index is 2.16. The van der Waals surface area contributed by atoms with E-state index in [4.69, 9.17) is 23.2 Å². The number of quaternary nitrogens is 1. The number of nitrogens with zero attached hydrogens (tertiary/aromatic N) is 2. The highest BCUT2D eigenvalue weighted by Crippen LogP contribution is 2.38. The lowest BCUT2D eigenvalue weighted by Gasteiger charge is -2.20. The van der Waals surface area contributed by atoms with Gasteiger partial charge in [-0.2, -0.15) is 0 Å². The molecular weight excluding hydrogens is 360 g/mol. The molecule has 0 saturated heterocycles. The molecule has 1 heterocycles. The van der Waals surface area contributed by atoms with Crippen molar-refractivity contribution in [3.05, 3.63) is 69.6 Å². The zero-order valence-electron chi connectivity index (χ0n) is 12.7. The largest absolute Gasteiger partial charge is 0.235 e. The van der Waals surface area contributed by atoms with Crippen molar-refractivity contribution >= 4 is 40.2 Å². The Morgan fingerprint density at radius 1 is 1.00 bits per heavy atom. The first-order valence-electron chi connectivity index (χ1n) is 6.98. The molecule has 2 aromatic carbocycles. The monoisotopic (exact) mass is 371 g/mol. The van der Waals surface area contributed by atoms with Crippen molar-refractivity contribution in [1.29, 1.82) is 0 Å². The summed E-state index contributed by atoms with van der Waals surface area (Å²) in [5.74, 6) is -2.08. The van der Waals surface area contributed by atoms with Gasteiger partial charge < -0.3 is 0 Å². The molecule has 0 aliphatic carbocycles. The van der Waals surface area contributed by atoms with E-state index in [0.29, 0.717) is 16.8 Å². The van der Waals surface area contributed by atoms with E-state index in [0.717, 1.165) is 12.1 Å². The third kappa shape index (κ3) is 2.83. The second-order valence-corrected chi connectivity index (χ2v) is 6.44. The third-order valence-electron chi connectivity index (χ3n) is 3.78. The zero-order chi connectivity index (χ0) is 17.6. The van der Waals surface area contributed by atoms with Crippen molar-refractivity contribution in [3.63, 3.8) is 0 Å². The average Bonchev–Trinajstić information content (AvgIpc) is 2.73. The summed E-state index contributed by atoms with van der Waals surface area (Å²) in [6.45, 7) is 1.70. The lowest BCUT2D eigenvalue weighted by Crippen LogP contribution is -2.32. The van der Waals surface area contributed by atoms with Gasteiger partial charge in [0.2, 0.25) is 5.69 Å². The fourth-order valence-electron chi connectivity index (χ4n) is 2.79. The third-order valence-corrected chi connectivity index (χ3v) is 4.31. The molecule has 1 atom stereocenters. The minimum absolute atomic E-state index is 0.0361. The topological polar surface area (TPSA) is 12.4 Å². The van der Waals surface area contributed by atoms with E-state index >= 15 is 0 Å². The molecule has 0 radical (unpaired) electrons. The van der Waals surface area contributed by atoms with Crippen molar-refractivity contribution in [2.45, 2.75) is 6.92 Å². The first kappa shape index (κ1) is 17.0. The molecule has 0 spiro atoms. The molecular formula is C17H12Cl2F3N2+. The molecule has 2 nitrogen and oxygen atoms in total. The smallest absolute Gasteiger partial charge is 0.207 e. The van der Waals surface area contributed by atoms with E-state index in [1.807, 2.05) is 0 Å². The minimum atomic E-state index is -0.804. The van der Waals surface area contributed by atoms with Gasteiger partial charge in [0.15, 0.2) is 11.6 Å². The lowest BCUT2D eigenvalue weighted by molar-refractivity contribution is 0.429. The van der Waals surface area contributed by atoms with Crippen molar-refractivity contribution < 1.29 is 13.2 Å². The van der Waals surface area contributed by atoms with Crippen LogP contribution in [0, 0.1) is 17.5 Å². The van der Waals surface area contributed by atoms with Crippen molar-refractivity contribution in [2.75, 3.05) is 7.05 Å². The van der Waals surface area contributed by atoms with E-state index in [1.165, 1.54) is 25.2 Å². The fraction of sp³-hybridized carbons (Fsp3) is 0.118. The summed E-state index contributed by atoms with van der Waals surface area (Å²) in [6, 6.07) is 6.02. The Bertz CT molecular complexity index is 886. The molecule has 0 amide bonds. The van der Waals surface area contributed by atoms with Crippen LogP contribution in [0.1, 0.15) is 12.5 Å². The van der Waals surface area contributed by atoms with Gasteiger partial charge in [-0.1, -0.05) is 28.3 Å². The van der Waals surface area contributed by atoms with Gasteiger partial charge in [0, 0.05) is 10.6 Å². The molecule has 0 fully saturated rings. The summed E-state index contributed by atoms with van der Waals surface area (Å²) >= 11 is 11.8. The second kappa shape index (κ2) is 5.92. The van der Waals surface area contributed by atoms with Gasteiger partial charge in [-0.15, -0.1) is 4.59 Å². The van der Waals surface area contributed by atoms with Gasteiger partial charge in [-0.3, -0.25) is 0 Å². The highest BCUT2D eigenvalue weighted by atomic mass is 35.5. The summed E-state index contributed by atoms with van der Waals surface area (Å²) in [5.41, 5.74) is 1.39. The molecule has 1 aliphatic heterocycles. The molecule has 124 valence electrons. The van der Waals surface area contributed by atoms with E-state index < -0.39 is 22.0 Å². The lowest BCUT2D eigenvalue weighted by atomic mass is 10.0. The molecule has 0 aromatic heterocycles. The van der Waals surface area contributed by atoms with Crippen LogP contribution in [0.3, 0.4) is 0 Å². The second-order valence-electron chi connectivity index (χ2n) is 5.60. The van der Waals surface area contributed by atoms with Gasteiger partial charge >= 0.3 is 0 Å². The Morgan fingerprint density at radius 3 is 2.21 bits per heavy atom. The van der Waals surface area contributed by atoms with Crippen LogP contribution >= 0.6 is 23.2 Å². The molecule has 0 N–H and O–H groups in total. The number of hydrogen-bond acceptors (Lipinski definition) is 1. The Kier molecular flexibility index (Phi) is 4.20. The van der Waals surface area contributed by atoms with Gasteiger partial charge in [0.25, 0.3) is 0 Å². The van der Waals surface area contributed by atoms with Crippen LogP contribution in [0.25, 0.3) is 5.57 Å². The SMILES string of the molecule is CC1=N[N+](C)(c2c(F)cc(Cl)cc2F)C=C1c1ccc(F)cc1Cl. The van der Waals surface area contributed by atoms with Gasteiger partial charge in [0.1, 0.15) is 24.8 Å². The van der Waals surface area contributed by atoms with Crippen molar-refractivity contribution in [2.24, 2.45) is 5.10 Å². The predicted molar refractivity (Wildman–Crippen MR) is 91.6 cm³/mol. The van der Waals surface area contributed by atoms with Crippen molar-refractivity contribution in [3.8, 4) is 0 Å². The first-order chi connectivity index (χ1) is 11.2. The summed E-state index contributed by atoms with van der Waals surface area (Å²) < 4.78 is 41.3. The molecule has 0 saturated carbocycles. The van der Waals surface area contributed by atoms with Crippen LogP contribution in [0.5, 0.6) is 0 Å². The van der Waals surface area contributed by atoms with E-state index in [-0.39, 0.29) is 15.7 Å². The molecule has 3 rings (SSSR count). The van der Waals surface area contributed by atoms with Crippen LogP contribution in [0.15, 0.2) is 41.6 Å². The summed E-state index contributed by atoms with van der Waals surface area (Å²) in [6.07, 6.45) is 1.56. The zero-order valence-corrected chi connectivity index (χ0v) is 14.3. The molecule has 2 aromatic rings. The summed E-state index contributed by atoms with van der Waals surface area (Å²) in [7, 11) is 1.53. The quantitative estimate of drug-likeness (QED) is 0.593. The van der Waals surface area contributed by atoms with Crippen LogP contribution in [-0.2, 0) is 0 Å². The van der Waals surface area contributed by atoms with Crippen LogP contribution < -0.4 is 4.59 Å². The number of rotatable bonds is 2. The summed E-state index contributed by atoms with van der Waals surface area (Å²) in [5, 5.41) is 4.51. The standard InChI is InChI=1S/C17H12Cl2F3N2/c1-9-13(12-4-3-11(20)7-14(12)19)8-24(2,23-9)17-15(21)5-10(18)6-16(17)22/h3-8H,1-2H3/q+1. The van der Waals surface area contributed by atoms with Gasteiger partial charge in [-0.25, -0.2) is 13.2 Å². The molecule has 7 heteroatoms. The predicted octanol–water partition coefficient (Wildman–Crippen LogP) is 5.78. The Hall–Kier alpha value is -1.82. The molecule has 0 bridgehead atoms. The van der Waals surface area contributed by atoms with E-state index in [9.17, 15) is 13.2 Å². The molecule has 24 heavy (non-hydrogen) atoms. The molecule has 1 unspecified atom stereocenters. The Labute approximate surface area is 147 Å². The number of halogens is 5. The first-order valence-corrected chi connectivity index (χ1v) is 7.73. The highest BCUT2D eigenvalue weighted by Gasteiger charge is 2.38. The van der Waals surface area contributed by atoms with Crippen LogP contribution in [0.4, 0.5) is 18.9 Å². The maximum Gasteiger partial charge on any atom is 0.235 e. The van der Waals surface area contributed by atoms with Crippen molar-refractivity contribution in [1.82, 2.24) is 4.59 Å². The van der Waals surface area contributed by atoms with E-state index in [1.54, 1.807) is 13.1 Å². The number of hydrogen-bond donors (Lipinski definition) is 0. The van der Waals surface area contributed by atoms with Crippen LogP contribution in [0.2, 0.25) is 10.0 Å². The van der Waals surface area contributed by atoms with Crippen LogP contribution in [-0.4, -0.2) is 12.8 Å². The van der Waals surface area contributed by atoms with Gasteiger partial charge in [-0.05, 0) is 37.3 Å². The fourth-order valence-corrected chi connectivity index (χ4v) is 3.25. The number of benzene rings is 2. The maximum atomic E-state index is 14.3. The normalized spacial score (nSPS) is 20.1. The average molecular weight is 372 g/mol. The number of allylic oxidation sites excluding steroid dienone is 1. The summed E-state index contributed by atoms with van der Waals surface area (Å²) in [4.78, 5) is 0. The highest BCUT2D eigenvalue weighted by molar-refractivity contribution is 6.36. The molecule has 1 aliphatic rings. The Morgan fingerprint density at radius 2 is 1.62 bits per heavy atom.